The van der Waals surface area contributed by atoms with Gasteiger partial charge in [-0.05, 0) is 5.56 Å². The molecule has 0 aliphatic rings. The van der Waals surface area contributed by atoms with E-state index in [0.717, 1.165) is 11.4 Å². The van der Waals surface area contributed by atoms with Crippen LogP contribution >= 0.6 is 11.3 Å². The fraction of sp³-hybridized carbons (Fsp3) is 0.267. The monoisotopic (exact) mass is 303 g/mol. The second-order valence-corrected chi connectivity index (χ2v) is 5.47. The SMILES string of the molecule is CC(=O)NCCNC(=O)c1csc(Cc2ccccc2)n1. The van der Waals surface area contributed by atoms with E-state index in [1.54, 1.807) is 5.38 Å². The molecule has 0 saturated heterocycles. The summed E-state index contributed by atoms with van der Waals surface area (Å²) in [6, 6.07) is 10.0. The standard InChI is InChI=1S/C15H17N3O2S/c1-11(19)16-7-8-17-15(20)13-10-21-14(18-13)9-12-5-3-2-4-6-12/h2-6,10H,7-9H2,1H3,(H,16,19)(H,17,20). The lowest BCUT2D eigenvalue weighted by atomic mass is 10.2. The zero-order valence-electron chi connectivity index (χ0n) is 11.8. The number of carbonyl (C=O) groups excluding carboxylic acids is 2. The summed E-state index contributed by atoms with van der Waals surface area (Å²) < 4.78 is 0. The summed E-state index contributed by atoms with van der Waals surface area (Å²) in [5.41, 5.74) is 1.60. The number of hydrogen-bond donors (Lipinski definition) is 2. The van der Waals surface area contributed by atoms with Gasteiger partial charge in [0.05, 0.1) is 5.01 Å². The number of hydrogen-bond acceptors (Lipinski definition) is 4. The fourth-order valence-corrected chi connectivity index (χ4v) is 2.58. The predicted molar refractivity (Wildman–Crippen MR) is 82.4 cm³/mol. The van der Waals surface area contributed by atoms with Crippen molar-refractivity contribution >= 4 is 23.2 Å². The maximum atomic E-state index is 11.9. The van der Waals surface area contributed by atoms with Crippen molar-refractivity contribution in [2.75, 3.05) is 13.1 Å². The Morgan fingerprint density at radius 3 is 2.57 bits per heavy atom. The summed E-state index contributed by atoms with van der Waals surface area (Å²) >= 11 is 1.48. The molecular weight excluding hydrogens is 286 g/mol. The minimum absolute atomic E-state index is 0.108. The molecule has 2 aromatic rings. The highest BCUT2D eigenvalue weighted by Gasteiger charge is 2.10. The average molecular weight is 303 g/mol. The van der Waals surface area contributed by atoms with Gasteiger partial charge in [-0.1, -0.05) is 30.3 Å². The summed E-state index contributed by atoms with van der Waals surface area (Å²) in [4.78, 5) is 26.9. The lowest BCUT2D eigenvalue weighted by Gasteiger charge is -2.03. The van der Waals surface area contributed by atoms with Gasteiger partial charge in [0, 0.05) is 31.8 Å². The molecule has 0 aliphatic carbocycles. The van der Waals surface area contributed by atoms with Gasteiger partial charge < -0.3 is 10.6 Å². The third kappa shape index (κ3) is 5.00. The summed E-state index contributed by atoms with van der Waals surface area (Å²) in [5, 5.41) is 8.01. The van der Waals surface area contributed by atoms with Crippen LogP contribution < -0.4 is 10.6 Å². The third-order valence-corrected chi connectivity index (χ3v) is 3.62. The van der Waals surface area contributed by atoms with E-state index in [1.165, 1.54) is 23.8 Å². The van der Waals surface area contributed by atoms with Crippen molar-refractivity contribution in [3.05, 3.63) is 52.0 Å². The number of thiazole rings is 1. The Labute approximate surface area is 127 Å². The first kappa shape index (κ1) is 15.2. The maximum Gasteiger partial charge on any atom is 0.270 e. The molecule has 0 radical (unpaired) electrons. The largest absolute Gasteiger partial charge is 0.355 e. The molecule has 0 saturated carbocycles. The number of aromatic nitrogens is 1. The van der Waals surface area contributed by atoms with E-state index in [0.29, 0.717) is 18.8 Å². The molecule has 0 unspecified atom stereocenters. The highest BCUT2D eigenvalue weighted by atomic mass is 32.1. The molecule has 0 bridgehead atoms. The summed E-state index contributed by atoms with van der Waals surface area (Å²) in [5.74, 6) is -0.320. The van der Waals surface area contributed by atoms with Gasteiger partial charge in [0.25, 0.3) is 5.91 Å². The van der Waals surface area contributed by atoms with Crippen LogP contribution in [0.2, 0.25) is 0 Å². The Hall–Kier alpha value is -2.21. The minimum atomic E-state index is -0.212. The summed E-state index contributed by atoms with van der Waals surface area (Å²) in [6.07, 6.45) is 0.727. The normalized spacial score (nSPS) is 10.1. The molecule has 1 heterocycles. The van der Waals surface area contributed by atoms with Crippen LogP contribution in [-0.4, -0.2) is 29.9 Å². The molecule has 6 heteroatoms. The number of rotatable bonds is 6. The maximum absolute atomic E-state index is 11.9. The third-order valence-electron chi connectivity index (χ3n) is 2.77. The van der Waals surface area contributed by atoms with E-state index in [4.69, 9.17) is 0 Å². The summed E-state index contributed by atoms with van der Waals surface area (Å²) in [6.45, 7) is 2.25. The molecule has 1 aromatic carbocycles. The first-order valence-corrected chi connectivity index (χ1v) is 7.54. The topological polar surface area (TPSA) is 71.1 Å². The van der Waals surface area contributed by atoms with Gasteiger partial charge in [0.15, 0.2) is 0 Å². The molecule has 2 amide bonds. The van der Waals surface area contributed by atoms with Crippen LogP contribution in [0.1, 0.15) is 28.0 Å². The molecule has 2 rings (SSSR count). The molecule has 5 nitrogen and oxygen atoms in total. The molecule has 110 valence electrons. The predicted octanol–water partition coefficient (Wildman–Crippen LogP) is 1.60. The van der Waals surface area contributed by atoms with Crippen LogP contribution in [0.25, 0.3) is 0 Å². The van der Waals surface area contributed by atoms with Gasteiger partial charge in [-0.3, -0.25) is 9.59 Å². The molecule has 0 atom stereocenters. The van der Waals surface area contributed by atoms with Gasteiger partial charge in [0.1, 0.15) is 5.69 Å². The molecule has 0 aliphatic heterocycles. The number of nitrogens with zero attached hydrogens (tertiary/aromatic N) is 1. The van der Waals surface area contributed by atoms with Crippen molar-refractivity contribution in [3.63, 3.8) is 0 Å². The Bertz CT molecular complexity index is 610. The average Bonchev–Trinajstić information content (AvgIpc) is 2.93. The Morgan fingerprint density at radius 2 is 1.86 bits per heavy atom. The van der Waals surface area contributed by atoms with Crippen molar-refractivity contribution < 1.29 is 9.59 Å². The lowest BCUT2D eigenvalue weighted by Crippen LogP contribution is -2.33. The summed E-state index contributed by atoms with van der Waals surface area (Å²) in [7, 11) is 0. The zero-order chi connectivity index (χ0) is 15.1. The quantitative estimate of drug-likeness (QED) is 0.796. The molecule has 0 fully saturated rings. The van der Waals surface area contributed by atoms with E-state index in [9.17, 15) is 9.59 Å². The van der Waals surface area contributed by atoms with Crippen LogP contribution in [0.3, 0.4) is 0 Å². The highest BCUT2D eigenvalue weighted by Crippen LogP contribution is 2.14. The van der Waals surface area contributed by atoms with E-state index in [2.05, 4.69) is 15.6 Å². The molecule has 0 spiro atoms. The fourth-order valence-electron chi connectivity index (χ4n) is 1.77. The van der Waals surface area contributed by atoms with Crippen LogP contribution in [0.15, 0.2) is 35.7 Å². The van der Waals surface area contributed by atoms with Crippen molar-refractivity contribution in [2.24, 2.45) is 0 Å². The number of carbonyl (C=O) groups is 2. The van der Waals surface area contributed by atoms with E-state index >= 15 is 0 Å². The number of nitrogens with one attached hydrogen (secondary N) is 2. The van der Waals surface area contributed by atoms with Crippen molar-refractivity contribution in [1.29, 1.82) is 0 Å². The lowest BCUT2D eigenvalue weighted by molar-refractivity contribution is -0.118. The van der Waals surface area contributed by atoms with Crippen LogP contribution in [0, 0.1) is 0 Å². The van der Waals surface area contributed by atoms with Gasteiger partial charge >= 0.3 is 0 Å². The van der Waals surface area contributed by atoms with E-state index in [-0.39, 0.29) is 11.8 Å². The minimum Gasteiger partial charge on any atom is -0.355 e. The van der Waals surface area contributed by atoms with Crippen molar-refractivity contribution in [3.8, 4) is 0 Å². The molecule has 1 aromatic heterocycles. The number of benzene rings is 1. The van der Waals surface area contributed by atoms with Gasteiger partial charge in [-0.2, -0.15) is 0 Å². The Kier molecular flexibility index (Phi) is 5.45. The first-order valence-electron chi connectivity index (χ1n) is 6.66. The smallest absolute Gasteiger partial charge is 0.270 e. The Balaban J connectivity index is 1.84. The second-order valence-electron chi connectivity index (χ2n) is 4.53. The van der Waals surface area contributed by atoms with Crippen LogP contribution in [-0.2, 0) is 11.2 Å². The van der Waals surface area contributed by atoms with Crippen LogP contribution in [0.4, 0.5) is 0 Å². The molecule has 21 heavy (non-hydrogen) atoms. The van der Waals surface area contributed by atoms with E-state index in [1.807, 2.05) is 30.3 Å². The highest BCUT2D eigenvalue weighted by molar-refractivity contribution is 7.09. The van der Waals surface area contributed by atoms with Gasteiger partial charge in [-0.15, -0.1) is 11.3 Å². The molecule has 2 N–H and O–H groups in total. The Morgan fingerprint density at radius 1 is 1.14 bits per heavy atom. The second kappa shape index (κ2) is 7.54. The van der Waals surface area contributed by atoms with Crippen molar-refractivity contribution in [2.45, 2.75) is 13.3 Å². The van der Waals surface area contributed by atoms with Gasteiger partial charge in [0.2, 0.25) is 5.91 Å². The van der Waals surface area contributed by atoms with E-state index < -0.39 is 0 Å². The number of amides is 2. The first-order chi connectivity index (χ1) is 10.1. The van der Waals surface area contributed by atoms with Crippen LogP contribution in [0.5, 0.6) is 0 Å². The van der Waals surface area contributed by atoms with Crippen molar-refractivity contribution in [1.82, 2.24) is 15.6 Å². The molecular formula is C15H17N3O2S. The van der Waals surface area contributed by atoms with Gasteiger partial charge in [-0.25, -0.2) is 4.98 Å². The zero-order valence-corrected chi connectivity index (χ0v) is 12.6.